The zero-order valence-corrected chi connectivity index (χ0v) is 16.6. The number of benzene rings is 3. The molecule has 0 saturated carbocycles. The van der Waals surface area contributed by atoms with Gasteiger partial charge in [0.15, 0.2) is 0 Å². The molecular formula is C22H21N3O2S. The molecule has 28 heavy (non-hydrogen) atoms. The van der Waals surface area contributed by atoms with E-state index in [-0.39, 0.29) is 4.90 Å². The average Bonchev–Trinajstić information content (AvgIpc) is 3.08. The van der Waals surface area contributed by atoms with Crippen molar-refractivity contribution in [3.8, 4) is 0 Å². The summed E-state index contributed by atoms with van der Waals surface area (Å²) in [4.78, 5) is 0.278. The second kappa shape index (κ2) is 7.13. The highest BCUT2D eigenvalue weighted by Crippen LogP contribution is 2.22. The van der Waals surface area contributed by atoms with Crippen LogP contribution in [0.15, 0.2) is 78.0 Å². The number of hydrogen-bond acceptors (Lipinski definition) is 3. The van der Waals surface area contributed by atoms with Gasteiger partial charge in [-0.15, -0.1) is 0 Å². The average molecular weight is 391 g/mol. The van der Waals surface area contributed by atoms with Crippen LogP contribution in [0.3, 0.4) is 0 Å². The molecule has 0 atom stereocenters. The van der Waals surface area contributed by atoms with Gasteiger partial charge in [0, 0.05) is 6.20 Å². The highest BCUT2D eigenvalue weighted by atomic mass is 32.2. The van der Waals surface area contributed by atoms with Gasteiger partial charge in [0.2, 0.25) is 0 Å². The molecule has 0 saturated heterocycles. The van der Waals surface area contributed by atoms with Crippen LogP contribution in [0.1, 0.15) is 16.7 Å². The Kier molecular flexibility index (Phi) is 4.65. The van der Waals surface area contributed by atoms with Gasteiger partial charge in [0.05, 0.1) is 23.3 Å². The van der Waals surface area contributed by atoms with E-state index in [0.29, 0.717) is 12.2 Å². The summed E-state index contributed by atoms with van der Waals surface area (Å²) in [5.41, 5.74) is 3.32. The van der Waals surface area contributed by atoms with Crippen molar-refractivity contribution in [3.05, 3.63) is 89.7 Å². The number of hydrogen-bond donors (Lipinski definition) is 1. The Morgan fingerprint density at radius 1 is 1.00 bits per heavy atom. The number of sulfonamides is 1. The number of aromatic nitrogens is 2. The zero-order chi connectivity index (χ0) is 19.7. The molecule has 4 aromatic rings. The van der Waals surface area contributed by atoms with E-state index in [1.54, 1.807) is 29.9 Å². The molecule has 0 bridgehead atoms. The number of aryl methyl sites for hydroxylation is 2. The Morgan fingerprint density at radius 3 is 2.61 bits per heavy atom. The predicted molar refractivity (Wildman–Crippen MR) is 112 cm³/mol. The Morgan fingerprint density at radius 2 is 1.79 bits per heavy atom. The van der Waals surface area contributed by atoms with E-state index in [1.807, 2.05) is 31.2 Å². The van der Waals surface area contributed by atoms with Crippen molar-refractivity contribution in [1.82, 2.24) is 9.78 Å². The number of nitrogens with one attached hydrogen (secondary N) is 1. The van der Waals surface area contributed by atoms with E-state index in [0.717, 1.165) is 22.1 Å². The van der Waals surface area contributed by atoms with Gasteiger partial charge in [-0.3, -0.25) is 9.40 Å². The van der Waals surface area contributed by atoms with Crippen molar-refractivity contribution in [2.75, 3.05) is 4.72 Å². The van der Waals surface area contributed by atoms with Gasteiger partial charge in [-0.25, -0.2) is 8.42 Å². The number of rotatable bonds is 5. The molecule has 1 N–H and O–H groups in total. The number of nitrogens with zero attached hydrogens (tertiary/aromatic N) is 2. The lowest BCUT2D eigenvalue weighted by atomic mass is 10.0. The Hall–Kier alpha value is -3.12. The van der Waals surface area contributed by atoms with Crippen LogP contribution in [-0.2, 0) is 16.6 Å². The summed E-state index contributed by atoms with van der Waals surface area (Å²) in [6.07, 6.45) is 3.25. The molecule has 4 rings (SSSR count). The topological polar surface area (TPSA) is 64.0 Å². The summed E-state index contributed by atoms with van der Waals surface area (Å²) in [6, 6.07) is 19.6. The first-order valence-electron chi connectivity index (χ1n) is 9.01. The minimum absolute atomic E-state index is 0.278. The molecule has 3 aromatic carbocycles. The minimum atomic E-state index is -3.66. The molecule has 0 aliphatic rings. The number of anilines is 1. The largest absolute Gasteiger partial charge is 0.276 e. The van der Waals surface area contributed by atoms with Crippen LogP contribution in [0.2, 0.25) is 0 Å². The lowest BCUT2D eigenvalue weighted by Crippen LogP contribution is -2.14. The fourth-order valence-corrected chi connectivity index (χ4v) is 4.67. The molecule has 0 aliphatic carbocycles. The minimum Gasteiger partial charge on any atom is -0.276 e. The van der Waals surface area contributed by atoms with Crippen LogP contribution in [0.4, 0.5) is 5.69 Å². The molecule has 6 heteroatoms. The highest BCUT2D eigenvalue weighted by molar-refractivity contribution is 7.92. The summed E-state index contributed by atoms with van der Waals surface area (Å²) in [6.45, 7) is 4.30. The molecule has 0 amide bonds. The fourth-order valence-electron chi connectivity index (χ4n) is 3.42. The highest BCUT2D eigenvalue weighted by Gasteiger charge is 2.17. The van der Waals surface area contributed by atoms with Crippen LogP contribution < -0.4 is 4.72 Å². The van der Waals surface area contributed by atoms with E-state index in [2.05, 4.69) is 34.1 Å². The maximum absolute atomic E-state index is 12.7. The van der Waals surface area contributed by atoms with Gasteiger partial charge >= 0.3 is 0 Å². The SMILES string of the molecule is Cc1ccc(S(=O)(=O)Nc2cnn(Cc3cccc4ccccc34)c2)c(C)c1. The van der Waals surface area contributed by atoms with Crippen molar-refractivity contribution in [3.63, 3.8) is 0 Å². The third-order valence-corrected chi connectivity index (χ3v) is 6.26. The monoisotopic (exact) mass is 391 g/mol. The Balaban J connectivity index is 1.57. The summed E-state index contributed by atoms with van der Waals surface area (Å²) < 4.78 is 29.8. The quantitative estimate of drug-likeness (QED) is 0.545. The molecule has 142 valence electrons. The molecule has 0 radical (unpaired) electrons. The maximum atomic E-state index is 12.7. The maximum Gasteiger partial charge on any atom is 0.262 e. The lowest BCUT2D eigenvalue weighted by Gasteiger charge is -2.09. The molecule has 1 heterocycles. The van der Waals surface area contributed by atoms with Crippen molar-refractivity contribution in [2.45, 2.75) is 25.3 Å². The Labute approximate surface area is 164 Å². The van der Waals surface area contributed by atoms with Gasteiger partial charge in [-0.2, -0.15) is 5.10 Å². The zero-order valence-electron chi connectivity index (χ0n) is 15.8. The van der Waals surface area contributed by atoms with Crippen LogP contribution in [0, 0.1) is 13.8 Å². The number of fused-ring (bicyclic) bond motifs is 1. The molecule has 0 aliphatic heterocycles. The summed E-state index contributed by atoms with van der Waals surface area (Å²) in [7, 11) is -3.66. The van der Waals surface area contributed by atoms with Gasteiger partial charge < -0.3 is 0 Å². The summed E-state index contributed by atoms with van der Waals surface area (Å²) >= 11 is 0. The van der Waals surface area contributed by atoms with Gasteiger partial charge in [0.1, 0.15) is 0 Å². The second-order valence-electron chi connectivity index (χ2n) is 6.94. The third-order valence-electron chi connectivity index (χ3n) is 4.72. The van der Waals surface area contributed by atoms with Crippen molar-refractivity contribution in [1.29, 1.82) is 0 Å². The second-order valence-corrected chi connectivity index (χ2v) is 8.59. The Bertz CT molecular complexity index is 1250. The summed E-state index contributed by atoms with van der Waals surface area (Å²) in [5.74, 6) is 0. The smallest absolute Gasteiger partial charge is 0.262 e. The first kappa shape index (κ1) is 18.3. The normalized spacial score (nSPS) is 11.6. The van der Waals surface area contributed by atoms with E-state index >= 15 is 0 Å². The van der Waals surface area contributed by atoms with Gasteiger partial charge in [-0.1, -0.05) is 60.2 Å². The molecule has 1 aromatic heterocycles. The summed E-state index contributed by atoms with van der Waals surface area (Å²) in [5, 5.41) is 6.66. The lowest BCUT2D eigenvalue weighted by molar-refractivity contribution is 0.600. The van der Waals surface area contributed by atoms with E-state index in [4.69, 9.17) is 0 Å². The third kappa shape index (κ3) is 3.64. The van der Waals surface area contributed by atoms with Crippen molar-refractivity contribution < 1.29 is 8.42 Å². The first-order chi connectivity index (χ1) is 13.4. The standard InChI is InChI=1S/C22H21N3O2S/c1-16-10-11-22(17(2)12-16)28(26,27)24-20-13-23-25(15-20)14-19-8-5-7-18-6-3-4-9-21(18)19/h3-13,15,24H,14H2,1-2H3. The van der Waals surface area contributed by atoms with Crippen LogP contribution in [0.25, 0.3) is 10.8 Å². The molecule has 0 spiro atoms. The van der Waals surface area contributed by atoms with E-state index in [1.165, 1.54) is 11.6 Å². The molecule has 0 fully saturated rings. The van der Waals surface area contributed by atoms with Crippen LogP contribution in [-0.4, -0.2) is 18.2 Å². The molecule has 0 unspecified atom stereocenters. The fraction of sp³-hybridized carbons (Fsp3) is 0.136. The van der Waals surface area contributed by atoms with Crippen molar-refractivity contribution >= 4 is 26.5 Å². The van der Waals surface area contributed by atoms with Crippen molar-refractivity contribution in [2.24, 2.45) is 0 Å². The molecular weight excluding hydrogens is 370 g/mol. The van der Waals surface area contributed by atoms with Gasteiger partial charge in [0.25, 0.3) is 10.0 Å². The molecule has 5 nitrogen and oxygen atoms in total. The predicted octanol–water partition coefficient (Wildman–Crippen LogP) is 4.50. The van der Waals surface area contributed by atoms with Gasteiger partial charge in [-0.05, 0) is 41.8 Å². The van der Waals surface area contributed by atoms with Crippen LogP contribution >= 0.6 is 0 Å². The van der Waals surface area contributed by atoms with E-state index < -0.39 is 10.0 Å². The first-order valence-corrected chi connectivity index (χ1v) is 10.5. The van der Waals surface area contributed by atoms with E-state index in [9.17, 15) is 8.42 Å². The van der Waals surface area contributed by atoms with Crippen LogP contribution in [0.5, 0.6) is 0 Å².